The van der Waals surface area contributed by atoms with E-state index < -0.39 is 6.10 Å². The SMILES string of the molecule is C=C(C)Cn1c([C@@H](O)c2ccccc2)nc2ccccc21. The molecular formula is C18H18N2O. The quantitative estimate of drug-likeness (QED) is 0.739. The number of fused-ring (bicyclic) bond motifs is 1. The van der Waals surface area contributed by atoms with E-state index in [0.29, 0.717) is 12.4 Å². The highest BCUT2D eigenvalue weighted by atomic mass is 16.3. The number of hydrogen-bond acceptors (Lipinski definition) is 2. The van der Waals surface area contributed by atoms with Crippen molar-refractivity contribution >= 4 is 11.0 Å². The number of para-hydroxylation sites is 2. The molecule has 0 radical (unpaired) electrons. The van der Waals surface area contributed by atoms with Crippen LogP contribution < -0.4 is 0 Å². The zero-order chi connectivity index (χ0) is 14.8. The highest BCUT2D eigenvalue weighted by Gasteiger charge is 2.19. The first-order chi connectivity index (χ1) is 10.2. The summed E-state index contributed by atoms with van der Waals surface area (Å²) in [5.41, 5.74) is 3.78. The Morgan fingerprint density at radius 2 is 1.81 bits per heavy atom. The van der Waals surface area contributed by atoms with Crippen LogP contribution in [0.15, 0.2) is 66.7 Å². The van der Waals surface area contributed by atoms with Crippen molar-refractivity contribution in [1.82, 2.24) is 9.55 Å². The number of aliphatic hydroxyl groups is 1. The zero-order valence-electron chi connectivity index (χ0n) is 12.0. The topological polar surface area (TPSA) is 38.0 Å². The molecule has 1 aromatic heterocycles. The second kappa shape index (κ2) is 5.54. The van der Waals surface area contributed by atoms with E-state index in [-0.39, 0.29) is 0 Å². The van der Waals surface area contributed by atoms with Crippen LogP contribution in [0, 0.1) is 0 Å². The first-order valence-electron chi connectivity index (χ1n) is 6.99. The molecule has 0 amide bonds. The fourth-order valence-corrected chi connectivity index (χ4v) is 2.52. The van der Waals surface area contributed by atoms with Gasteiger partial charge < -0.3 is 9.67 Å². The van der Waals surface area contributed by atoms with Gasteiger partial charge in [0, 0.05) is 6.54 Å². The molecule has 0 unspecified atom stereocenters. The Hall–Kier alpha value is -2.39. The van der Waals surface area contributed by atoms with Gasteiger partial charge in [-0.25, -0.2) is 4.98 Å². The van der Waals surface area contributed by atoms with Gasteiger partial charge in [0.1, 0.15) is 11.9 Å². The summed E-state index contributed by atoms with van der Waals surface area (Å²) in [6, 6.07) is 17.5. The van der Waals surface area contributed by atoms with E-state index in [1.54, 1.807) is 0 Å². The molecule has 3 aromatic rings. The fourth-order valence-electron chi connectivity index (χ4n) is 2.52. The van der Waals surface area contributed by atoms with Crippen molar-refractivity contribution in [3.8, 4) is 0 Å². The van der Waals surface area contributed by atoms with E-state index in [1.807, 2.05) is 66.1 Å². The molecule has 1 N–H and O–H groups in total. The van der Waals surface area contributed by atoms with Gasteiger partial charge in [-0.15, -0.1) is 0 Å². The maximum atomic E-state index is 10.7. The van der Waals surface area contributed by atoms with Crippen molar-refractivity contribution in [2.45, 2.75) is 19.6 Å². The lowest BCUT2D eigenvalue weighted by molar-refractivity contribution is 0.206. The molecule has 0 saturated heterocycles. The number of aliphatic hydroxyl groups excluding tert-OH is 1. The second-order valence-electron chi connectivity index (χ2n) is 5.32. The third-order valence-electron chi connectivity index (χ3n) is 3.47. The summed E-state index contributed by atoms with van der Waals surface area (Å²) in [5.74, 6) is 0.658. The smallest absolute Gasteiger partial charge is 0.143 e. The van der Waals surface area contributed by atoms with E-state index >= 15 is 0 Å². The number of aromatic nitrogens is 2. The molecule has 1 heterocycles. The summed E-state index contributed by atoms with van der Waals surface area (Å²) in [6.45, 7) is 6.61. The highest BCUT2D eigenvalue weighted by Crippen LogP contribution is 2.26. The summed E-state index contributed by atoms with van der Waals surface area (Å²) in [7, 11) is 0. The molecule has 0 aliphatic carbocycles. The molecule has 0 spiro atoms. The molecule has 0 fully saturated rings. The number of rotatable bonds is 4. The molecular weight excluding hydrogens is 260 g/mol. The predicted molar refractivity (Wildman–Crippen MR) is 85.1 cm³/mol. The standard InChI is InChI=1S/C18H18N2O/c1-13(2)12-20-16-11-7-6-10-15(16)19-18(20)17(21)14-8-4-3-5-9-14/h3-11,17,21H,1,12H2,2H3/t17-/m0/s1. The van der Waals surface area contributed by atoms with Crippen molar-refractivity contribution in [3.63, 3.8) is 0 Å². The molecule has 2 aromatic carbocycles. The van der Waals surface area contributed by atoms with Crippen LogP contribution in [0.2, 0.25) is 0 Å². The lowest BCUT2D eigenvalue weighted by Crippen LogP contribution is -2.10. The number of allylic oxidation sites excluding steroid dienone is 1. The van der Waals surface area contributed by atoms with Crippen LogP contribution in [0.3, 0.4) is 0 Å². The molecule has 3 nitrogen and oxygen atoms in total. The van der Waals surface area contributed by atoms with Crippen molar-refractivity contribution < 1.29 is 5.11 Å². The van der Waals surface area contributed by atoms with Gasteiger partial charge in [0.2, 0.25) is 0 Å². The Balaban J connectivity index is 2.15. The first kappa shape index (κ1) is 13.6. The largest absolute Gasteiger partial charge is 0.380 e. The van der Waals surface area contributed by atoms with Gasteiger partial charge in [-0.3, -0.25) is 0 Å². The fraction of sp³-hybridized carbons (Fsp3) is 0.167. The van der Waals surface area contributed by atoms with Crippen LogP contribution in [0.25, 0.3) is 11.0 Å². The Bertz CT molecular complexity index is 774. The maximum Gasteiger partial charge on any atom is 0.143 e. The third kappa shape index (κ3) is 2.60. The number of hydrogen-bond donors (Lipinski definition) is 1. The number of imidazole rings is 1. The van der Waals surface area contributed by atoms with Gasteiger partial charge in [-0.2, -0.15) is 0 Å². The molecule has 106 valence electrons. The summed E-state index contributed by atoms with van der Waals surface area (Å²) < 4.78 is 2.04. The Morgan fingerprint density at radius 1 is 1.14 bits per heavy atom. The Morgan fingerprint density at radius 3 is 2.52 bits per heavy atom. The van der Waals surface area contributed by atoms with Gasteiger partial charge >= 0.3 is 0 Å². The normalized spacial score (nSPS) is 12.5. The average molecular weight is 278 g/mol. The van der Waals surface area contributed by atoms with Crippen molar-refractivity contribution in [3.05, 3.63) is 78.1 Å². The molecule has 3 rings (SSSR count). The van der Waals surface area contributed by atoms with Crippen molar-refractivity contribution in [2.24, 2.45) is 0 Å². The van der Waals surface area contributed by atoms with E-state index in [9.17, 15) is 5.11 Å². The Kier molecular flexibility index (Phi) is 3.59. The summed E-state index contributed by atoms with van der Waals surface area (Å²) in [5, 5.41) is 10.7. The zero-order valence-corrected chi connectivity index (χ0v) is 12.0. The van der Waals surface area contributed by atoms with Crippen molar-refractivity contribution in [2.75, 3.05) is 0 Å². The second-order valence-corrected chi connectivity index (χ2v) is 5.32. The average Bonchev–Trinajstić information content (AvgIpc) is 2.86. The van der Waals surface area contributed by atoms with Gasteiger partial charge in [-0.05, 0) is 24.6 Å². The Labute approximate surface area is 124 Å². The molecule has 0 saturated carbocycles. The molecule has 0 aliphatic rings. The van der Waals surface area contributed by atoms with E-state index in [1.165, 1.54) is 0 Å². The van der Waals surface area contributed by atoms with Gasteiger partial charge in [0.15, 0.2) is 0 Å². The monoisotopic (exact) mass is 278 g/mol. The summed E-state index contributed by atoms with van der Waals surface area (Å²) in [6.07, 6.45) is -0.738. The van der Waals surface area contributed by atoms with Gasteiger partial charge in [0.25, 0.3) is 0 Å². The third-order valence-corrected chi connectivity index (χ3v) is 3.47. The highest BCUT2D eigenvalue weighted by molar-refractivity contribution is 5.76. The minimum absolute atomic E-state index is 0.653. The lowest BCUT2D eigenvalue weighted by atomic mass is 10.1. The molecule has 3 heteroatoms. The van der Waals surface area contributed by atoms with E-state index in [0.717, 1.165) is 22.2 Å². The molecule has 21 heavy (non-hydrogen) atoms. The van der Waals surface area contributed by atoms with E-state index in [4.69, 9.17) is 0 Å². The van der Waals surface area contributed by atoms with Gasteiger partial charge in [-0.1, -0.05) is 54.6 Å². The van der Waals surface area contributed by atoms with Crippen LogP contribution in [0.5, 0.6) is 0 Å². The van der Waals surface area contributed by atoms with Crippen molar-refractivity contribution in [1.29, 1.82) is 0 Å². The van der Waals surface area contributed by atoms with Gasteiger partial charge in [0.05, 0.1) is 11.0 Å². The van der Waals surface area contributed by atoms with Crippen LogP contribution in [-0.2, 0) is 6.54 Å². The maximum absolute atomic E-state index is 10.7. The van der Waals surface area contributed by atoms with Crippen LogP contribution in [0.4, 0.5) is 0 Å². The minimum atomic E-state index is -0.738. The van der Waals surface area contributed by atoms with Crippen LogP contribution >= 0.6 is 0 Å². The number of nitrogens with zero attached hydrogens (tertiary/aromatic N) is 2. The van der Waals surface area contributed by atoms with E-state index in [2.05, 4.69) is 11.6 Å². The molecule has 1 atom stereocenters. The summed E-state index contributed by atoms with van der Waals surface area (Å²) >= 11 is 0. The minimum Gasteiger partial charge on any atom is -0.380 e. The van der Waals surface area contributed by atoms with Crippen LogP contribution in [-0.4, -0.2) is 14.7 Å². The molecule has 0 aliphatic heterocycles. The lowest BCUT2D eigenvalue weighted by Gasteiger charge is -2.14. The number of benzene rings is 2. The summed E-state index contributed by atoms with van der Waals surface area (Å²) in [4.78, 5) is 4.61. The first-order valence-corrected chi connectivity index (χ1v) is 6.99. The van der Waals surface area contributed by atoms with Crippen LogP contribution in [0.1, 0.15) is 24.4 Å². The molecule has 0 bridgehead atoms. The predicted octanol–water partition coefficient (Wildman–Crippen LogP) is 3.69.